The first-order valence-electron chi connectivity index (χ1n) is 13.4. The maximum atomic E-state index is 13.3. The van der Waals surface area contributed by atoms with Gasteiger partial charge in [0.1, 0.15) is 6.23 Å². The normalized spacial score (nSPS) is 19.2. The second-order valence-electron chi connectivity index (χ2n) is 11.2. The molecule has 1 aromatic heterocycles. The van der Waals surface area contributed by atoms with Crippen LogP contribution in [0.2, 0.25) is 0 Å². The van der Waals surface area contributed by atoms with Gasteiger partial charge in [-0.1, -0.05) is 25.0 Å². The molecule has 0 radical (unpaired) electrons. The van der Waals surface area contributed by atoms with Gasteiger partial charge in [0.05, 0.1) is 11.1 Å². The zero-order valence-electron chi connectivity index (χ0n) is 21.7. The Morgan fingerprint density at radius 3 is 2.23 bits per heavy atom. The zero-order valence-corrected chi connectivity index (χ0v) is 21.7. The molecule has 0 bridgehead atoms. The summed E-state index contributed by atoms with van der Waals surface area (Å²) in [5.41, 5.74) is -2.61. The Balaban J connectivity index is 1.29. The van der Waals surface area contributed by atoms with Crippen LogP contribution in [0.4, 0.5) is 26.3 Å². The molecule has 2 fully saturated rings. The minimum Gasteiger partial charge on any atom is -0.378 e. The Labute approximate surface area is 227 Å². The third-order valence-corrected chi connectivity index (χ3v) is 8.27. The van der Waals surface area contributed by atoms with E-state index in [0.29, 0.717) is 55.9 Å². The molecule has 2 heterocycles. The molecule has 5 rings (SSSR count). The number of hydrogen-bond donors (Lipinski definition) is 3. The van der Waals surface area contributed by atoms with Crippen molar-refractivity contribution in [2.45, 2.75) is 63.8 Å². The molecule has 5 nitrogen and oxygen atoms in total. The fourth-order valence-electron chi connectivity index (χ4n) is 5.86. The number of nitrogens with one attached hydrogen (secondary N) is 2. The standard InChI is InChI=1S/C29H31F6N3O2/c30-28(31,32)21-12-19(13-22(14-21)29(33,34)35)16-37-26(40)27(15-18-4-5-18)7-10-38(11-8-27)17-20-2-1-3-24-23(20)6-9-36-25(24)39/h1-3,6,9,12-14,18,26,37,40H,4-5,7-8,10-11,15-17H2,(H,36,39). The molecule has 1 saturated carbocycles. The van der Waals surface area contributed by atoms with Crippen LogP contribution in [-0.2, 0) is 25.4 Å². The predicted molar refractivity (Wildman–Crippen MR) is 138 cm³/mol. The summed E-state index contributed by atoms with van der Waals surface area (Å²) < 4.78 is 79.7. The second kappa shape index (κ2) is 10.8. The molecule has 1 saturated heterocycles. The Kier molecular flexibility index (Phi) is 7.75. The van der Waals surface area contributed by atoms with Crippen LogP contribution in [0.5, 0.6) is 0 Å². The smallest absolute Gasteiger partial charge is 0.378 e. The molecule has 1 atom stereocenters. The van der Waals surface area contributed by atoms with Crippen LogP contribution < -0.4 is 10.9 Å². The van der Waals surface area contributed by atoms with Gasteiger partial charge in [-0.2, -0.15) is 26.3 Å². The predicted octanol–water partition coefficient (Wildman–Crippen LogP) is 6.06. The monoisotopic (exact) mass is 567 g/mol. The van der Waals surface area contributed by atoms with Crippen molar-refractivity contribution in [3.05, 3.63) is 81.3 Å². The number of fused-ring (bicyclic) bond motifs is 1. The first-order chi connectivity index (χ1) is 18.8. The van der Waals surface area contributed by atoms with E-state index in [9.17, 15) is 36.2 Å². The molecule has 0 amide bonds. The van der Waals surface area contributed by atoms with Crippen LogP contribution in [-0.4, -0.2) is 34.3 Å². The minimum atomic E-state index is -4.92. The molecule has 11 heteroatoms. The molecule has 3 N–H and O–H groups in total. The number of pyridine rings is 1. The first-order valence-corrected chi connectivity index (χ1v) is 13.4. The molecule has 216 valence electrons. The van der Waals surface area contributed by atoms with Crippen LogP contribution in [0.15, 0.2) is 53.5 Å². The van der Waals surface area contributed by atoms with Gasteiger partial charge in [-0.05, 0) is 85.1 Å². The van der Waals surface area contributed by atoms with E-state index in [-0.39, 0.29) is 23.7 Å². The van der Waals surface area contributed by atoms with Crippen molar-refractivity contribution in [1.82, 2.24) is 15.2 Å². The first kappa shape index (κ1) is 28.6. The van der Waals surface area contributed by atoms with E-state index in [1.165, 1.54) is 0 Å². The van der Waals surface area contributed by atoms with Crippen molar-refractivity contribution in [3.8, 4) is 0 Å². The number of halogens is 6. The molecule has 3 aromatic rings. The summed E-state index contributed by atoms with van der Waals surface area (Å²) in [6, 6.07) is 8.98. The van der Waals surface area contributed by atoms with Crippen molar-refractivity contribution < 1.29 is 31.4 Å². The van der Waals surface area contributed by atoms with Gasteiger partial charge in [0.25, 0.3) is 5.56 Å². The average Bonchev–Trinajstić information content (AvgIpc) is 3.72. The lowest BCUT2D eigenvalue weighted by Gasteiger charge is -2.45. The van der Waals surface area contributed by atoms with Gasteiger partial charge in [-0.25, -0.2) is 0 Å². The second-order valence-corrected chi connectivity index (χ2v) is 11.2. The number of rotatable bonds is 8. The molecule has 0 spiro atoms. The fraction of sp³-hybridized carbons (Fsp3) is 0.483. The number of aromatic amines is 1. The van der Waals surface area contributed by atoms with Gasteiger partial charge in [0.2, 0.25) is 0 Å². The summed E-state index contributed by atoms with van der Waals surface area (Å²) in [5.74, 6) is 0.457. The van der Waals surface area contributed by atoms with Crippen molar-refractivity contribution in [3.63, 3.8) is 0 Å². The van der Waals surface area contributed by atoms with E-state index in [4.69, 9.17) is 0 Å². The van der Waals surface area contributed by atoms with E-state index in [1.54, 1.807) is 12.3 Å². The fourth-order valence-corrected chi connectivity index (χ4v) is 5.86. The summed E-state index contributed by atoms with van der Waals surface area (Å²) in [7, 11) is 0. The quantitative estimate of drug-likeness (QED) is 0.229. The average molecular weight is 568 g/mol. The van der Waals surface area contributed by atoms with Gasteiger partial charge >= 0.3 is 12.4 Å². The van der Waals surface area contributed by atoms with Crippen LogP contribution in [0.1, 0.15) is 54.4 Å². The number of aromatic nitrogens is 1. The third-order valence-electron chi connectivity index (χ3n) is 8.27. The highest BCUT2D eigenvalue weighted by Gasteiger charge is 2.44. The SMILES string of the molecule is O=c1[nH]ccc2c(CN3CCC(CC4CC4)(C(O)NCc4cc(C(F)(F)F)cc(C(F)(F)F)c4)CC3)cccc12. The van der Waals surface area contributed by atoms with Crippen molar-refractivity contribution in [1.29, 1.82) is 0 Å². The van der Waals surface area contributed by atoms with Crippen LogP contribution in [0.25, 0.3) is 10.8 Å². The Hall–Kier alpha value is -2.89. The minimum absolute atomic E-state index is 0.107. The van der Waals surface area contributed by atoms with Gasteiger partial charge in [-0.3, -0.25) is 15.0 Å². The number of hydrogen-bond acceptors (Lipinski definition) is 4. The van der Waals surface area contributed by atoms with Crippen molar-refractivity contribution in [2.24, 2.45) is 11.3 Å². The molecular weight excluding hydrogens is 536 g/mol. The highest BCUT2D eigenvalue weighted by Crippen LogP contribution is 2.47. The van der Waals surface area contributed by atoms with Gasteiger partial charge < -0.3 is 10.1 Å². The summed E-state index contributed by atoms with van der Waals surface area (Å²) in [6.45, 7) is 1.61. The highest BCUT2D eigenvalue weighted by molar-refractivity contribution is 5.84. The van der Waals surface area contributed by atoms with E-state index < -0.39 is 35.1 Å². The van der Waals surface area contributed by atoms with Crippen LogP contribution in [0, 0.1) is 11.3 Å². The Bertz CT molecular complexity index is 1370. The van der Waals surface area contributed by atoms with Gasteiger partial charge in [-0.15, -0.1) is 0 Å². The molecule has 2 aromatic carbocycles. The number of likely N-dealkylation sites (tertiary alicyclic amines) is 1. The molecule has 40 heavy (non-hydrogen) atoms. The summed E-state index contributed by atoms with van der Waals surface area (Å²) in [6.07, 6.45) is -5.23. The van der Waals surface area contributed by atoms with E-state index in [1.807, 2.05) is 18.2 Å². The summed E-state index contributed by atoms with van der Waals surface area (Å²) >= 11 is 0. The number of aliphatic hydroxyl groups excluding tert-OH is 1. The van der Waals surface area contributed by atoms with E-state index in [0.717, 1.165) is 30.2 Å². The molecule has 1 aliphatic carbocycles. The molecule has 1 unspecified atom stereocenters. The van der Waals surface area contributed by atoms with E-state index in [2.05, 4.69) is 15.2 Å². The van der Waals surface area contributed by atoms with Crippen molar-refractivity contribution in [2.75, 3.05) is 13.1 Å². The number of benzene rings is 2. The Morgan fingerprint density at radius 2 is 1.62 bits per heavy atom. The third kappa shape index (κ3) is 6.37. The van der Waals surface area contributed by atoms with Gasteiger partial charge in [0, 0.05) is 30.1 Å². The Morgan fingerprint density at radius 1 is 0.975 bits per heavy atom. The maximum absolute atomic E-state index is 13.3. The van der Waals surface area contributed by atoms with Crippen LogP contribution in [0.3, 0.4) is 0 Å². The number of piperidine rings is 1. The zero-order chi connectivity index (χ0) is 28.7. The number of H-pyrrole nitrogens is 1. The lowest BCUT2D eigenvalue weighted by Crippen LogP contribution is -2.51. The number of alkyl halides is 6. The molecule has 2 aliphatic rings. The summed E-state index contributed by atoms with van der Waals surface area (Å²) in [4.78, 5) is 17.1. The lowest BCUT2D eigenvalue weighted by molar-refractivity contribution is -0.143. The highest BCUT2D eigenvalue weighted by atomic mass is 19.4. The molecular formula is C29H31F6N3O2. The number of aliphatic hydroxyl groups is 1. The largest absolute Gasteiger partial charge is 0.416 e. The molecule has 1 aliphatic heterocycles. The van der Waals surface area contributed by atoms with Crippen molar-refractivity contribution >= 4 is 10.8 Å². The summed E-state index contributed by atoms with van der Waals surface area (Å²) in [5, 5.41) is 15.6. The van der Waals surface area contributed by atoms with E-state index >= 15 is 0 Å². The van der Waals surface area contributed by atoms with Gasteiger partial charge in [0.15, 0.2) is 0 Å². The lowest BCUT2D eigenvalue weighted by atomic mass is 9.72. The maximum Gasteiger partial charge on any atom is 0.416 e. The number of nitrogens with zero attached hydrogens (tertiary/aromatic N) is 1. The van der Waals surface area contributed by atoms with Crippen LogP contribution >= 0.6 is 0 Å². The topological polar surface area (TPSA) is 68.4 Å².